The smallest absolute Gasteiger partial charge is 0.255 e. The average Bonchev–Trinajstić information content (AvgIpc) is 2.70. The number of rotatable bonds is 5. The van der Waals surface area contributed by atoms with Crippen LogP contribution < -0.4 is 15.4 Å². The molecule has 0 saturated heterocycles. The van der Waals surface area contributed by atoms with Gasteiger partial charge in [-0.1, -0.05) is 30.3 Å². The summed E-state index contributed by atoms with van der Waals surface area (Å²) < 4.78 is 5.31. The molecular weight excluding hydrogens is 352 g/mol. The molecule has 3 rings (SSSR count). The van der Waals surface area contributed by atoms with Crippen molar-refractivity contribution in [1.82, 2.24) is 0 Å². The van der Waals surface area contributed by atoms with Crippen LogP contribution in [-0.4, -0.2) is 18.9 Å². The molecule has 0 heterocycles. The van der Waals surface area contributed by atoms with E-state index in [0.29, 0.717) is 28.3 Å². The molecule has 0 atom stereocenters. The summed E-state index contributed by atoms with van der Waals surface area (Å²) in [5, 5.41) is 5.75. The van der Waals surface area contributed by atoms with Crippen molar-refractivity contribution in [1.29, 1.82) is 0 Å². The molecule has 2 N–H and O–H groups in total. The first-order valence-corrected chi connectivity index (χ1v) is 8.91. The van der Waals surface area contributed by atoms with Crippen molar-refractivity contribution in [2.75, 3.05) is 17.7 Å². The molecule has 2 amide bonds. The molecule has 5 heteroatoms. The van der Waals surface area contributed by atoms with Crippen molar-refractivity contribution in [3.05, 3.63) is 89.0 Å². The van der Waals surface area contributed by atoms with Crippen molar-refractivity contribution >= 4 is 23.2 Å². The third kappa shape index (κ3) is 4.38. The minimum absolute atomic E-state index is 0.221. The molecule has 5 nitrogen and oxygen atoms in total. The molecule has 28 heavy (non-hydrogen) atoms. The molecule has 0 bridgehead atoms. The summed E-state index contributed by atoms with van der Waals surface area (Å²) in [6, 6.07) is 19.7. The highest BCUT2D eigenvalue weighted by atomic mass is 16.5. The summed E-state index contributed by atoms with van der Waals surface area (Å²) in [7, 11) is 1.56. The Morgan fingerprint density at radius 1 is 0.750 bits per heavy atom. The summed E-state index contributed by atoms with van der Waals surface area (Å²) in [6.07, 6.45) is 0. The summed E-state index contributed by atoms with van der Waals surface area (Å²) in [5.74, 6) is 0.0874. The fraction of sp³-hybridized carbons (Fsp3) is 0.130. The van der Waals surface area contributed by atoms with Gasteiger partial charge in [-0.2, -0.15) is 0 Å². The van der Waals surface area contributed by atoms with Crippen molar-refractivity contribution in [2.24, 2.45) is 0 Å². The number of carbonyl (C=O) groups is 2. The van der Waals surface area contributed by atoms with Crippen LogP contribution in [0.5, 0.6) is 5.75 Å². The molecular formula is C23H22N2O3. The number of anilines is 2. The Bertz CT molecular complexity index is 1010. The molecule has 3 aromatic rings. The van der Waals surface area contributed by atoms with Crippen LogP contribution in [-0.2, 0) is 0 Å². The lowest BCUT2D eigenvalue weighted by Gasteiger charge is -2.13. The number of benzene rings is 3. The molecule has 0 radical (unpaired) electrons. The molecule has 0 spiro atoms. The maximum absolute atomic E-state index is 12.7. The van der Waals surface area contributed by atoms with Crippen LogP contribution in [0.4, 0.5) is 11.4 Å². The third-order valence-corrected chi connectivity index (χ3v) is 4.39. The van der Waals surface area contributed by atoms with Crippen molar-refractivity contribution in [3.63, 3.8) is 0 Å². The van der Waals surface area contributed by atoms with Gasteiger partial charge in [-0.05, 0) is 61.4 Å². The average molecular weight is 374 g/mol. The van der Waals surface area contributed by atoms with Crippen LogP contribution >= 0.6 is 0 Å². The van der Waals surface area contributed by atoms with E-state index in [-0.39, 0.29) is 11.8 Å². The van der Waals surface area contributed by atoms with Crippen LogP contribution in [0.3, 0.4) is 0 Å². The summed E-state index contributed by atoms with van der Waals surface area (Å²) >= 11 is 0. The Morgan fingerprint density at radius 3 is 2.14 bits per heavy atom. The maximum atomic E-state index is 12.7. The van der Waals surface area contributed by atoms with Crippen molar-refractivity contribution in [2.45, 2.75) is 13.8 Å². The van der Waals surface area contributed by atoms with Gasteiger partial charge in [0.1, 0.15) is 5.75 Å². The summed E-state index contributed by atoms with van der Waals surface area (Å²) in [5.41, 5.74) is 4.07. The van der Waals surface area contributed by atoms with Gasteiger partial charge in [-0.3, -0.25) is 9.59 Å². The lowest BCUT2D eigenvalue weighted by atomic mass is 10.1. The number of aryl methyl sites for hydroxylation is 2. The summed E-state index contributed by atoms with van der Waals surface area (Å²) in [6.45, 7) is 3.82. The van der Waals surface area contributed by atoms with Crippen molar-refractivity contribution < 1.29 is 14.3 Å². The molecule has 0 saturated carbocycles. The second-order valence-corrected chi connectivity index (χ2v) is 6.51. The highest BCUT2D eigenvalue weighted by Gasteiger charge is 2.13. The van der Waals surface area contributed by atoms with Gasteiger partial charge in [0.2, 0.25) is 0 Å². The van der Waals surface area contributed by atoms with Gasteiger partial charge in [0.15, 0.2) is 0 Å². The monoisotopic (exact) mass is 374 g/mol. The zero-order chi connectivity index (χ0) is 20.1. The molecule has 142 valence electrons. The van der Waals surface area contributed by atoms with Crippen LogP contribution in [0, 0.1) is 13.8 Å². The van der Waals surface area contributed by atoms with E-state index in [1.54, 1.807) is 43.5 Å². The number of methoxy groups -OCH3 is 1. The third-order valence-electron chi connectivity index (χ3n) is 4.39. The Balaban J connectivity index is 1.82. The lowest BCUT2D eigenvalue weighted by molar-refractivity contribution is 0.101. The predicted octanol–water partition coefficient (Wildman–Crippen LogP) is 4.82. The highest BCUT2D eigenvalue weighted by Crippen LogP contribution is 2.26. The highest BCUT2D eigenvalue weighted by molar-refractivity contribution is 6.08. The number of amides is 2. The Morgan fingerprint density at radius 2 is 1.43 bits per heavy atom. The fourth-order valence-corrected chi connectivity index (χ4v) is 2.80. The minimum atomic E-state index is -0.279. The number of nitrogens with one attached hydrogen (secondary N) is 2. The normalized spacial score (nSPS) is 10.2. The lowest BCUT2D eigenvalue weighted by Crippen LogP contribution is -2.16. The van der Waals surface area contributed by atoms with Gasteiger partial charge < -0.3 is 15.4 Å². The maximum Gasteiger partial charge on any atom is 0.255 e. The van der Waals surface area contributed by atoms with Gasteiger partial charge in [0.25, 0.3) is 11.8 Å². The van der Waals surface area contributed by atoms with E-state index in [9.17, 15) is 9.59 Å². The van der Waals surface area contributed by atoms with E-state index in [2.05, 4.69) is 10.6 Å². The number of hydrogen-bond donors (Lipinski definition) is 2. The molecule has 0 aromatic heterocycles. The van der Waals surface area contributed by atoms with E-state index >= 15 is 0 Å². The first-order chi connectivity index (χ1) is 13.5. The second kappa shape index (κ2) is 8.39. The van der Waals surface area contributed by atoms with Crippen LogP contribution in [0.2, 0.25) is 0 Å². The van der Waals surface area contributed by atoms with Gasteiger partial charge in [-0.15, -0.1) is 0 Å². The van der Waals surface area contributed by atoms with E-state index in [1.165, 1.54) is 0 Å². The number of hydrogen-bond acceptors (Lipinski definition) is 3. The molecule has 0 unspecified atom stereocenters. The number of carbonyl (C=O) groups excluding carboxylic acids is 2. The van der Waals surface area contributed by atoms with Crippen LogP contribution in [0.15, 0.2) is 66.7 Å². The van der Waals surface area contributed by atoms with Gasteiger partial charge in [0.05, 0.1) is 12.8 Å². The second-order valence-electron chi connectivity index (χ2n) is 6.51. The molecule has 0 fully saturated rings. The Hall–Kier alpha value is -3.60. The van der Waals surface area contributed by atoms with Crippen LogP contribution in [0.1, 0.15) is 31.8 Å². The quantitative estimate of drug-likeness (QED) is 0.673. The van der Waals surface area contributed by atoms with E-state index < -0.39 is 0 Å². The van der Waals surface area contributed by atoms with E-state index in [0.717, 1.165) is 11.1 Å². The fourth-order valence-electron chi connectivity index (χ4n) is 2.80. The zero-order valence-electron chi connectivity index (χ0n) is 16.1. The minimum Gasteiger partial charge on any atom is -0.495 e. The van der Waals surface area contributed by atoms with Crippen LogP contribution in [0.25, 0.3) is 0 Å². The Kier molecular flexibility index (Phi) is 5.75. The van der Waals surface area contributed by atoms with Gasteiger partial charge >= 0.3 is 0 Å². The van der Waals surface area contributed by atoms with E-state index in [4.69, 9.17) is 4.74 Å². The van der Waals surface area contributed by atoms with Gasteiger partial charge in [-0.25, -0.2) is 0 Å². The number of ether oxygens (including phenoxy) is 1. The van der Waals surface area contributed by atoms with Gasteiger partial charge in [0, 0.05) is 16.8 Å². The largest absolute Gasteiger partial charge is 0.495 e. The topological polar surface area (TPSA) is 67.4 Å². The molecule has 3 aromatic carbocycles. The summed E-state index contributed by atoms with van der Waals surface area (Å²) in [4.78, 5) is 25.2. The SMILES string of the molecule is COc1ccc(C)cc1NC(=O)c1ccc(C)c(NC(=O)c2ccccc2)c1. The zero-order valence-corrected chi connectivity index (χ0v) is 16.1. The molecule has 0 aliphatic carbocycles. The Labute approximate surface area is 164 Å². The van der Waals surface area contributed by atoms with E-state index in [1.807, 2.05) is 44.2 Å². The first-order valence-electron chi connectivity index (χ1n) is 8.91. The molecule has 0 aliphatic heterocycles. The standard InChI is InChI=1S/C23H22N2O3/c1-15-9-12-21(28-3)20(13-15)25-23(27)18-11-10-16(2)19(14-18)24-22(26)17-7-5-4-6-8-17/h4-14H,1-3H3,(H,24,26)(H,25,27). The molecule has 0 aliphatic rings. The first kappa shape index (κ1) is 19.2. The van der Waals surface area contributed by atoms with Crippen molar-refractivity contribution in [3.8, 4) is 5.75 Å². The predicted molar refractivity (Wildman–Crippen MR) is 111 cm³/mol.